The van der Waals surface area contributed by atoms with Gasteiger partial charge >= 0.3 is 6.18 Å². The lowest BCUT2D eigenvalue weighted by Crippen LogP contribution is -2.50. The second kappa shape index (κ2) is 14.9. The Bertz CT molecular complexity index is 1420. The maximum atomic E-state index is 13.7. The molecule has 3 rings (SSSR count). The van der Waals surface area contributed by atoms with Crippen LogP contribution in [0.5, 0.6) is 0 Å². The maximum absolute atomic E-state index is 13.7. The van der Waals surface area contributed by atoms with Gasteiger partial charge in [0, 0.05) is 32.5 Å². The molecule has 2 amide bonds. The van der Waals surface area contributed by atoms with Gasteiger partial charge in [0.1, 0.15) is 6.04 Å². The molecule has 42 heavy (non-hydrogen) atoms. The summed E-state index contributed by atoms with van der Waals surface area (Å²) in [5.41, 5.74) is 0.573. The van der Waals surface area contributed by atoms with Crippen molar-refractivity contribution in [2.75, 3.05) is 23.7 Å². The first kappa shape index (κ1) is 32.7. The molecule has 0 saturated carbocycles. The van der Waals surface area contributed by atoms with Gasteiger partial charge in [-0.25, -0.2) is 8.42 Å². The van der Waals surface area contributed by atoms with Gasteiger partial charge in [-0.1, -0.05) is 73.7 Å². The number of nitrogens with one attached hydrogen (secondary N) is 1. The van der Waals surface area contributed by atoms with Crippen LogP contribution in [0.1, 0.15) is 42.9 Å². The standard InChI is InChI=1S/C31H36F3N3O4S/c1-3-19-35-30(39)28(21-24-12-6-4-7-13-24)36(23-25-14-8-5-9-15-25)29(38)18-11-20-37(42(2,40)41)27-17-10-16-26(22-27)31(32,33)34/h4-10,12-17,22,28H,3,11,18-21,23H2,1-2H3,(H,35,39)/t28-/m1/s1. The molecule has 7 nitrogen and oxygen atoms in total. The van der Waals surface area contributed by atoms with E-state index in [9.17, 15) is 31.2 Å². The average molecular weight is 604 g/mol. The lowest BCUT2D eigenvalue weighted by atomic mass is 10.0. The Balaban J connectivity index is 1.86. The van der Waals surface area contributed by atoms with Crippen LogP contribution < -0.4 is 9.62 Å². The number of carbonyl (C=O) groups excluding carboxylic acids is 2. The summed E-state index contributed by atoms with van der Waals surface area (Å²) in [4.78, 5) is 28.6. The largest absolute Gasteiger partial charge is 0.416 e. The van der Waals surface area contributed by atoms with Crippen molar-refractivity contribution in [2.45, 2.75) is 51.4 Å². The lowest BCUT2D eigenvalue weighted by molar-refractivity contribution is -0.141. The molecule has 0 aliphatic rings. The highest BCUT2D eigenvalue weighted by Gasteiger charge is 2.32. The number of amides is 2. The van der Waals surface area contributed by atoms with Crippen molar-refractivity contribution in [3.8, 4) is 0 Å². The van der Waals surface area contributed by atoms with E-state index in [2.05, 4.69) is 5.32 Å². The third-order valence-electron chi connectivity index (χ3n) is 6.63. The van der Waals surface area contributed by atoms with E-state index in [-0.39, 0.29) is 49.9 Å². The molecule has 0 saturated heterocycles. The predicted octanol–water partition coefficient (Wildman–Crippen LogP) is 5.42. The van der Waals surface area contributed by atoms with E-state index < -0.39 is 27.8 Å². The summed E-state index contributed by atoms with van der Waals surface area (Å²) in [5, 5.41) is 2.89. The molecule has 0 aromatic heterocycles. The van der Waals surface area contributed by atoms with E-state index in [0.717, 1.165) is 39.9 Å². The molecule has 3 aromatic carbocycles. The molecule has 0 spiro atoms. The highest BCUT2D eigenvalue weighted by atomic mass is 32.2. The first-order chi connectivity index (χ1) is 19.9. The molecule has 1 atom stereocenters. The van der Waals surface area contributed by atoms with Crippen molar-refractivity contribution in [3.05, 3.63) is 102 Å². The van der Waals surface area contributed by atoms with Crippen molar-refractivity contribution in [3.63, 3.8) is 0 Å². The SMILES string of the molecule is CCCNC(=O)[C@@H](Cc1ccccc1)N(Cc1ccccc1)C(=O)CCCN(c1cccc(C(F)(F)F)c1)S(C)(=O)=O. The third kappa shape index (κ3) is 9.61. The van der Waals surface area contributed by atoms with Gasteiger partial charge in [-0.3, -0.25) is 13.9 Å². The number of hydrogen-bond donors (Lipinski definition) is 1. The van der Waals surface area contributed by atoms with Gasteiger partial charge in [0.05, 0.1) is 17.5 Å². The zero-order valence-corrected chi connectivity index (χ0v) is 24.5. The Labute approximate surface area is 245 Å². The van der Waals surface area contributed by atoms with Gasteiger partial charge in [0.2, 0.25) is 21.8 Å². The van der Waals surface area contributed by atoms with Crippen LogP contribution in [0.25, 0.3) is 0 Å². The molecular weight excluding hydrogens is 567 g/mol. The molecule has 11 heteroatoms. The number of rotatable bonds is 14. The second-order valence-corrected chi connectivity index (χ2v) is 11.9. The molecule has 226 valence electrons. The molecule has 1 N–H and O–H groups in total. The molecular formula is C31H36F3N3O4S. The summed E-state index contributed by atoms with van der Waals surface area (Å²) in [6.07, 6.45) is -2.84. The van der Waals surface area contributed by atoms with Crippen molar-refractivity contribution in [1.82, 2.24) is 10.2 Å². The molecule has 0 bridgehead atoms. The fourth-order valence-corrected chi connectivity index (χ4v) is 5.50. The Kier molecular flexibility index (Phi) is 11.6. The zero-order valence-electron chi connectivity index (χ0n) is 23.7. The van der Waals surface area contributed by atoms with Crippen LogP contribution in [0.2, 0.25) is 0 Å². The number of carbonyl (C=O) groups is 2. The van der Waals surface area contributed by atoms with E-state index in [1.54, 1.807) is 0 Å². The van der Waals surface area contributed by atoms with Crippen LogP contribution >= 0.6 is 0 Å². The van der Waals surface area contributed by atoms with Gasteiger partial charge in [-0.15, -0.1) is 0 Å². The number of sulfonamides is 1. The summed E-state index contributed by atoms with van der Waals surface area (Å²) in [7, 11) is -3.95. The maximum Gasteiger partial charge on any atom is 0.416 e. The summed E-state index contributed by atoms with van der Waals surface area (Å²) in [6.45, 7) is 2.31. The molecule has 0 aliphatic carbocycles. The minimum atomic E-state index is -4.64. The van der Waals surface area contributed by atoms with Gasteiger partial charge in [-0.05, 0) is 42.2 Å². The lowest BCUT2D eigenvalue weighted by Gasteiger charge is -2.32. The Morgan fingerprint density at radius 1 is 0.905 bits per heavy atom. The van der Waals surface area contributed by atoms with Crippen LogP contribution in [0, 0.1) is 0 Å². The fraction of sp³-hybridized carbons (Fsp3) is 0.355. The number of anilines is 1. The number of nitrogens with zero attached hydrogens (tertiary/aromatic N) is 2. The first-order valence-electron chi connectivity index (χ1n) is 13.7. The quantitative estimate of drug-likeness (QED) is 0.267. The van der Waals surface area contributed by atoms with Crippen molar-refractivity contribution < 1.29 is 31.2 Å². The van der Waals surface area contributed by atoms with Gasteiger partial charge in [-0.2, -0.15) is 13.2 Å². The molecule has 3 aromatic rings. The van der Waals surface area contributed by atoms with Crippen LogP contribution in [-0.4, -0.2) is 50.5 Å². The van der Waals surface area contributed by atoms with E-state index in [1.807, 2.05) is 67.6 Å². The molecule has 0 heterocycles. The summed E-state index contributed by atoms with van der Waals surface area (Å²) in [5.74, 6) is -0.671. The minimum Gasteiger partial charge on any atom is -0.354 e. The molecule has 0 aliphatic heterocycles. The Hall–Kier alpha value is -3.86. The summed E-state index contributed by atoms with van der Waals surface area (Å²) < 4.78 is 65.8. The minimum absolute atomic E-state index is 0.0298. The third-order valence-corrected chi connectivity index (χ3v) is 7.82. The molecule has 0 radical (unpaired) electrons. The van der Waals surface area contributed by atoms with E-state index in [0.29, 0.717) is 13.0 Å². The predicted molar refractivity (Wildman–Crippen MR) is 157 cm³/mol. The van der Waals surface area contributed by atoms with Crippen LogP contribution in [0.3, 0.4) is 0 Å². The Morgan fingerprint density at radius 2 is 1.52 bits per heavy atom. The fourth-order valence-electron chi connectivity index (χ4n) is 4.54. The number of hydrogen-bond acceptors (Lipinski definition) is 4. The van der Waals surface area contributed by atoms with Crippen molar-refractivity contribution in [1.29, 1.82) is 0 Å². The summed E-state index contributed by atoms with van der Waals surface area (Å²) >= 11 is 0. The number of alkyl halides is 3. The normalized spacial score (nSPS) is 12.4. The zero-order chi connectivity index (χ0) is 30.8. The number of benzene rings is 3. The first-order valence-corrected chi connectivity index (χ1v) is 15.5. The second-order valence-electron chi connectivity index (χ2n) is 9.99. The number of halogens is 3. The summed E-state index contributed by atoms with van der Waals surface area (Å²) in [6, 6.07) is 21.8. The Morgan fingerprint density at radius 3 is 2.10 bits per heavy atom. The molecule has 0 unspecified atom stereocenters. The van der Waals surface area contributed by atoms with E-state index >= 15 is 0 Å². The van der Waals surface area contributed by atoms with Gasteiger partial charge < -0.3 is 10.2 Å². The van der Waals surface area contributed by atoms with Crippen LogP contribution in [0.4, 0.5) is 18.9 Å². The average Bonchev–Trinajstić information content (AvgIpc) is 2.95. The van der Waals surface area contributed by atoms with E-state index in [4.69, 9.17) is 0 Å². The van der Waals surface area contributed by atoms with Crippen molar-refractivity contribution in [2.24, 2.45) is 0 Å². The smallest absolute Gasteiger partial charge is 0.354 e. The topological polar surface area (TPSA) is 86.8 Å². The van der Waals surface area contributed by atoms with E-state index in [1.165, 1.54) is 11.0 Å². The highest BCUT2D eigenvalue weighted by molar-refractivity contribution is 7.92. The monoisotopic (exact) mass is 603 g/mol. The molecule has 0 fully saturated rings. The van der Waals surface area contributed by atoms with Crippen molar-refractivity contribution >= 4 is 27.5 Å². The van der Waals surface area contributed by atoms with Crippen LogP contribution in [0.15, 0.2) is 84.9 Å². The van der Waals surface area contributed by atoms with Crippen LogP contribution in [-0.2, 0) is 38.8 Å². The van der Waals surface area contributed by atoms with Gasteiger partial charge in [0.15, 0.2) is 0 Å². The highest BCUT2D eigenvalue weighted by Crippen LogP contribution is 2.32. The van der Waals surface area contributed by atoms with Gasteiger partial charge in [0.25, 0.3) is 0 Å².